The monoisotopic (exact) mass is 476 g/mol. The minimum atomic E-state index is 0. The van der Waals surface area contributed by atoms with Gasteiger partial charge in [0, 0.05) is 19.6 Å². The Morgan fingerprint density at radius 1 is 1.27 bits per heavy atom. The van der Waals surface area contributed by atoms with Gasteiger partial charge in [-0.15, -0.1) is 34.2 Å². The smallest absolute Gasteiger partial charge is 0.191 e. The summed E-state index contributed by atoms with van der Waals surface area (Å²) >= 11 is 0. The highest BCUT2D eigenvalue weighted by Crippen LogP contribution is 2.17. The molecular weight excluding hydrogens is 439 g/mol. The van der Waals surface area contributed by atoms with Crippen LogP contribution in [0.4, 0.5) is 0 Å². The molecule has 1 fully saturated rings. The molecule has 0 aliphatic heterocycles. The molecule has 0 amide bonds. The molecule has 1 aromatic rings. The normalized spacial score (nSPS) is 16.4. The Labute approximate surface area is 176 Å². The fourth-order valence-corrected chi connectivity index (χ4v) is 3.34. The molecular formula is C19H37IN6. The minimum Gasteiger partial charge on any atom is -0.356 e. The Morgan fingerprint density at radius 3 is 2.58 bits per heavy atom. The van der Waals surface area contributed by atoms with Crippen LogP contribution in [0.1, 0.15) is 76.9 Å². The predicted molar refractivity (Wildman–Crippen MR) is 119 cm³/mol. The zero-order valence-electron chi connectivity index (χ0n) is 16.9. The number of aromatic nitrogens is 3. The van der Waals surface area contributed by atoms with Gasteiger partial charge in [0.15, 0.2) is 11.8 Å². The molecule has 1 saturated carbocycles. The van der Waals surface area contributed by atoms with E-state index in [1.54, 1.807) is 0 Å². The molecule has 1 atom stereocenters. The van der Waals surface area contributed by atoms with Gasteiger partial charge < -0.3 is 15.2 Å². The van der Waals surface area contributed by atoms with Gasteiger partial charge in [-0.25, -0.2) is 4.99 Å². The number of unbranched alkanes of at least 4 members (excludes halogenated alkanes) is 1. The Bertz CT molecular complexity index is 536. The molecule has 26 heavy (non-hydrogen) atoms. The van der Waals surface area contributed by atoms with Crippen molar-refractivity contribution >= 4 is 29.9 Å². The number of halogens is 1. The Morgan fingerprint density at radius 2 is 2.00 bits per heavy atom. The summed E-state index contributed by atoms with van der Waals surface area (Å²) in [6.45, 7) is 8.07. The SMILES string of the molecule is CCCCC(CC)CNC(=NCc1nnc(C)n1C)NC1CCCC1.I. The summed E-state index contributed by atoms with van der Waals surface area (Å²) in [4.78, 5) is 4.79. The van der Waals surface area contributed by atoms with Crippen molar-refractivity contribution in [3.05, 3.63) is 11.6 Å². The fraction of sp³-hybridized carbons (Fsp3) is 0.842. The molecule has 0 saturated heterocycles. The van der Waals surface area contributed by atoms with E-state index in [-0.39, 0.29) is 24.0 Å². The number of aliphatic imine (C=N–C) groups is 1. The molecule has 1 aliphatic carbocycles. The van der Waals surface area contributed by atoms with Crippen LogP contribution in [0.15, 0.2) is 4.99 Å². The first-order valence-electron chi connectivity index (χ1n) is 10.0. The van der Waals surface area contributed by atoms with Crippen LogP contribution in [-0.4, -0.2) is 33.3 Å². The average molecular weight is 476 g/mol. The molecule has 150 valence electrons. The minimum absolute atomic E-state index is 0. The van der Waals surface area contributed by atoms with Gasteiger partial charge in [-0.1, -0.05) is 46.0 Å². The number of rotatable bonds is 9. The Kier molecular flexibility index (Phi) is 11.2. The van der Waals surface area contributed by atoms with Gasteiger partial charge in [-0.3, -0.25) is 0 Å². The second-order valence-corrected chi connectivity index (χ2v) is 7.31. The molecule has 0 spiro atoms. The fourth-order valence-electron chi connectivity index (χ4n) is 3.34. The van der Waals surface area contributed by atoms with E-state index in [0.29, 0.717) is 18.5 Å². The molecule has 1 aliphatic rings. The van der Waals surface area contributed by atoms with Crippen molar-refractivity contribution < 1.29 is 0 Å². The van der Waals surface area contributed by atoms with Crippen LogP contribution in [-0.2, 0) is 13.6 Å². The van der Waals surface area contributed by atoms with Gasteiger partial charge in [0.05, 0.1) is 0 Å². The third-order valence-electron chi connectivity index (χ3n) is 5.36. The lowest BCUT2D eigenvalue weighted by Crippen LogP contribution is -2.44. The average Bonchev–Trinajstić information content (AvgIpc) is 3.24. The standard InChI is InChI=1S/C19H36N6.HI/c1-5-7-10-16(6-2)13-20-19(22-17-11-8-9-12-17)21-14-18-24-23-15(3)25(18)4;/h16-17H,5-14H2,1-4H3,(H2,20,21,22);1H. The molecule has 7 heteroatoms. The van der Waals surface area contributed by atoms with E-state index < -0.39 is 0 Å². The maximum absolute atomic E-state index is 4.79. The molecule has 0 bridgehead atoms. The number of hydrogen-bond donors (Lipinski definition) is 2. The molecule has 0 radical (unpaired) electrons. The third kappa shape index (κ3) is 7.40. The van der Waals surface area contributed by atoms with Crippen molar-refractivity contribution in [2.45, 2.75) is 84.7 Å². The Hall–Kier alpha value is -0.860. The van der Waals surface area contributed by atoms with Crippen LogP contribution in [0.25, 0.3) is 0 Å². The van der Waals surface area contributed by atoms with E-state index in [4.69, 9.17) is 4.99 Å². The second kappa shape index (κ2) is 12.5. The predicted octanol–water partition coefficient (Wildman–Crippen LogP) is 3.94. The number of aryl methyl sites for hydroxylation is 1. The van der Waals surface area contributed by atoms with Crippen molar-refractivity contribution in [2.24, 2.45) is 18.0 Å². The van der Waals surface area contributed by atoms with Crippen molar-refractivity contribution in [1.82, 2.24) is 25.4 Å². The molecule has 2 rings (SSSR count). The van der Waals surface area contributed by atoms with E-state index in [9.17, 15) is 0 Å². The van der Waals surface area contributed by atoms with Crippen LogP contribution in [0.5, 0.6) is 0 Å². The quantitative estimate of drug-likeness (QED) is 0.322. The number of hydrogen-bond acceptors (Lipinski definition) is 3. The van der Waals surface area contributed by atoms with Crippen LogP contribution in [0.3, 0.4) is 0 Å². The molecule has 0 aromatic carbocycles. The van der Waals surface area contributed by atoms with E-state index in [2.05, 4.69) is 34.7 Å². The summed E-state index contributed by atoms with van der Waals surface area (Å²) in [5, 5.41) is 15.6. The van der Waals surface area contributed by atoms with E-state index in [1.165, 1.54) is 51.4 Å². The van der Waals surface area contributed by atoms with Crippen LogP contribution in [0, 0.1) is 12.8 Å². The van der Waals surface area contributed by atoms with Gasteiger partial charge in [-0.2, -0.15) is 0 Å². The summed E-state index contributed by atoms with van der Waals surface area (Å²) in [6, 6.07) is 0.559. The summed E-state index contributed by atoms with van der Waals surface area (Å²) in [5.41, 5.74) is 0. The molecule has 2 N–H and O–H groups in total. The zero-order chi connectivity index (χ0) is 18.1. The number of guanidine groups is 1. The lowest BCUT2D eigenvalue weighted by molar-refractivity contribution is 0.441. The lowest BCUT2D eigenvalue weighted by atomic mass is 9.99. The van der Waals surface area contributed by atoms with Gasteiger partial charge in [0.25, 0.3) is 0 Å². The molecule has 1 heterocycles. The summed E-state index contributed by atoms with van der Waals surface area (Å²) < 4.78 is 2.01. The maximum atomic E-state index is 4.79. The second-order valence-electron chi connectivity index (χ2n) is 7.31. The number of nitrogens with one attached hydrogen (secondary N) is 2. The maximum Gasteiger partial charge on any atom is 0.191 e. The van der Waals surface area contributed by atoms with E-state index >= 15 is 0 Å². The van der Waals surface area contributed by atoms with Crippen LogP contribution < -0.4 is 10.6 Å². The van der Waals surface area contributed by atoms with Crippen molar-refractivity contribution in [2.75, 3.05) is 6.54 Å². The summed E-state index contributed by atoms with van der Waals surface area (Å²) in [6.07, 6.45) is 10.2. The van der Waals surface area contributed by atoms with E-state index in [0.717, 1.165) is 24.2 Å². The van der Waals surface area contributed by atoms with Gasteiger partial charge in [0.1, 0.15) is 12.4 Å². The zero-order valence-corrected chi connectivity index (χ0v) is 19.3. The number of nitrogens with zero attached hydrogens (tertiary/aromatic N) is 4. The van der Waals surface area contributed by atoms with Crippen LogP contribution >= 0.6 is 24.0 Å². The summed E-state index contributed by atoms with van der Waals surface area (Å²) in [5.74, 6) is 3.48. The first-order valence-corrected chi connectivity index (χ1v) is 10.0. The first kappa shape index (κ1) is 23.2. The topological polar surface area (TPSA) is 67.1 Å². The van der Waals surface area contributed by atoms with E-state index in [1.807, 2.05) is 18.5 Å². The van der Waals surface area contributed by atoms with Crippen molar-refractivity contribution in [1.29, 1.82) is 0 Å². The van der Waals surface area contributed by atoms with Gasteiger partial charge in [-0.05, 0) is 32.1 Å². The Balaban J connectivity index is 0.00000338. The third-order valence-corrected chi connectivity index (χ3v) is 5.36. The molecule has 6 nitrogen and oxygen atoms in total. The molecule has 1 unspecified atom stereocenters. The highest BCUT2D eigenvalue weighted by atomic mass is 127. The van der Waals surface area contributed by atoms with Gasteiger partial charge in [0.2, 0.25) is 0 Å². The highest BCUT2D eigenvalue weighted by molar-refractivity contribution is 14.0. The molecule has 1 aromatic heterocycles. The van der Waals surface area contributed by atoms with Crippen LogP contribution in [0.2, 0.25) is 0 Å². The van der Waals surface area contributed by atoms with Crippen molar-refractivity contribution in [3.63, 3.8) is 0 Å². The largest absolute Gasteiger partial charge is 0.356 e. The first-order chi connectivity index (χ1) is 12.1. The lowest BCUT2D eigenvalue weighted by Gasteiger charge is -2.21. The van der Waals surface area contributed by atoms with Gasteiger partial charge >= 0.3 is 0 Å². The van der Waals surface area contributed by atoms with Crippen molar-refractivity contribution in [3.8, 4) is 0 Å². The summed E-state index contributed by atoms with van der Waals surface area (Å²) in [7, 11) is 2.00. The highest BCUT2D eigenvalue weighted by Gasteiger charge is 2.17.